The second-order valence-electron chi connectivity index (χ2n) is 3.65. The summed E-state index contributed by atoms with van der Waals surface area (Å²) in [6, 6.07) is 7.70. The molecule has 0 saturated heterocycles. The molecular weight excluding hydrogens is 186 g/mol. The fourth-order valence-corrected chi connectivity index (χ4v) is 1.34. The zero-order chi connectivity index (χ0) is 9.90. The second-order valence-corrected chi connectivity index (χ2v) is 4.05. The molecule has 0 heterocycles. The van der Waals surface area contributed by atoms with E-state index in [1.54, 1.807) is 0 Å². The highest BCUT2D eigenvalue weighted by molar-refractivity contribution is 6.31. The zero-order valence-electron chi connectivity index (χ0n) is 7.88. The van der Waals surface area contributed by atoms with Crippen molar-refractivity contribution < 1.29 is 4.84 Å². The molecule has 0 amide bonds. The van der Waals surface area contributed by atoms with Crippen molar-refractivity contribution >= 4 is 11.6 Å². The van der Waals surface area contributed by atoms with E-state index < -0.39 is 0 Å². The van der Waals surface area contributed by atoms with Crippen LogP contribution in [-0.2, 0) is 11.3 Å². The van der Waals surface area contributed by atoms with E-state index in [-0.39, 0.29) is 5.60 Å². The van der Waals surface area contributed by atoms with Crippen LogP contribution in [0.25, 0.3) is 0 Å². The molecule has 0 radical (unpaired) electrons. The highest BCUT2D eigenvalue weighted by atomic mass is 35.5. The smallest absolute Gasteiger partial charge is 0.0878 e. The molecule has 0 bridgehead atoms. The molecule has 1 rings (SSSR count). The minimum atomic E-state index is -0.370. The standard InChI is InChI=1S/C10H14ClNO/c1-10(2,13-12)7-8-5-3-4-6-9(8)11/h3-6H,7,12H2,1-2H3. The number of nitrogens with two attached hydrogens (primary N) is 1. The van der Waals surface area contributed by atoms with Crippen LogP contribution in [0.15, 0.2) is 24.3 Å². The first-order chi connectivity index (χ1) is 6.05. The minimum Gasteiger partial charge on any atom is -0.298 e. The summed E-state index contributed by atoms with van der Waals surface area (Å²) in [6.07, 6.45) is 0.711. The topological polar surface area (TPSA) is 35.2 Å². The van der Waals surface area contributed by atoms with Crippen LogP contribution in [0, 0.1) is 0 Å². The Morgan fingerprint density at radius 1 is 1.38 bits per heavy atom. The summed E-state index contributed by atoms with van der Waals surface area (Å²) in [5.41, 5.74) is 0.685. The SMILES string of the molecule is CC(C)(Cc1ccccc1Cl)ON. The van der Waals surface area contributed by atoms with Gasteiger partial charge in [0.2, 0.25) is 0 Å². The first-order valence-electron chi connectivity index (χ1n) is 4.16. The quantitative estimate of drug-likeness (QED) is 0.760. The van der Waals surface area contributed by atoms with Gasteiger partial charge in [-0.15, -0.1) is 0 Å². The maximum Gasteiger partial charge on any atom is 0.0878 e. The molecule has 1 aromatic rings. The van der Waals surface area contributed by atoms with Crippen LogP contribution in [0.2, 0.25) is 5.02 Å². The zero-order valence-corrected chi connectivity index (χ0v) is 8.64. The highest BCUT2D eigenvalue weighted by Gasteiger charge is 2.19. The lowest BCUT2D eigenvalue weighted by Gasteiger charge is -2.22. The molecule has 0 aliphatic carbocycles. The molecule has 2 N–H and O–H groups in total. The number of benzene rings is 1. The molecule has 3 heteroatoms. The van der Waals surface area contributed by atoms with Gasteiger partial charge < -0.3 is 0 Å². The van der Waals surface area contributed by atoms with Gasteiger partial charge in [0.25, 0.3) is 0 Å². The Bertz CT molecular complexity index is 286. The largest absolute Gasteiger partial charge is 0.298 e. The maximum atomic E-state index is 5.99. The number of hydrogen-bond acceptors (Lipinski definition) is 2. The van der Waals surface area contributed by atoms with Crippen molar-refractivity contribution in [2.75, 3.05) is 0 Å². The first-order valence-corrected chi connectivity index (χ1v) is 4.54. The third-order valence-corrected chi connectivity index (χ3v) is 2.26. The van der Waals surface area contributed by atoms with E-state index >= 15 is 0 Å². The fraction of sp³-hybridized carbons (Fsp3) is 0.400. The lowest BCUT2D eigenvalue weighted by molar-refractivity contribution is -0.0187. The number of hydrogen-bond donors (Lipinski definition) is 1. The number of rotatable bonds is 3. The molecule has 0 spiro atoms. The van der Waals surface area contributed by atoms with Gasteiger partial charge in [-0.3, -0.25) is 4.84 Å². The van der Waals surface area contributed by atoms with Gasteiger partial charge in [-0.25, -0.2) is 5.90 Å². The molecule has 0 aromatic heterocycles. The lowest BCUT2D eigenvalue weighted by atomic mass is 9.99. The van der Waals surface area contributed by atoms with Crippen LogP contribution < -0.4 is 5.90 Å². The molecule has 2 nitrogen and oxygen atoms in total. The molecule has 0 unspecified atom stereocenters. The van der Waals surface area contributed by atoms with Crippen LogP contribution >= 0.6 is 11.6 Å². The van der Waals surface area contributed by atoms with E-state index in [1.807, 2.05) is 38.1 Å². The third kappa shape index (κ3) is 2.99. The molecule has 72 valence electrons. The molecule has 0 aliphatic rings. The van der Waals surface area contributed by atoms with Gasteiger partial charge in [-0.05, 0) is 25.5 Å². The van der Waals surface area contributed by atoms with E-state index in [4.69, 9.17) is 22.3 Å². The maximum absolute atomic E-state index is 5.99. The summed E-state index contributed by atoms with van der Waals surface area (Å²) in [6.45, 7) is 3.85. The van der Waals surface area contributed by atoms with Crippen LogP contribution in [-0.4, -0.2) is 5.60 Å². The monoisotopic (exact) mass is 199 g/mol. The Hall–Kier alpha value is -0.570. The number of halogens is 1. The van der Waals surface area contributed by atoms with E-state index in [1.165, 1.54) is 0 Å². The van der Waals surface area contributed by atoms with Crippen LogP contribution in [0.1, 0.15) is 19.4 Å². The summed E-state index contributed by atoms with van der Waals surface area (Å²) in [7, 11) is 0. The third-order valence-electron chi connectivity index (χ3n) is 1.89. The van der Waals surface area contributed by atoms with Crippen LogP contribution in [0.5, 0.6) is 0 Å². The van der Waals surface area contributed by atoms with Crippen molar-refractivity contribution in [2.24, 2.45) is 5.90 Å². The van der Waals surface area contributed by atoms with E-state index in [9.17, 15) is 0 Å². The van der Waals surface area contributed by atoms with Gasteiger partial charge in [0.15, 0.2) is 0 Å². The predicted molar refractivity (Wildman–Crippen MR) is 54.5 cm³/mol. The molecule has 1 aromatic carbocycles. The molecule has 0 fully saturated rings. The van der Waals surface area contributed by atoms with Crippen LogP contribution in [0.4, 0.5) is 0 Å². The van der Waals surface area contributed by atoms with Gasteiger partial charge in [0.1, 0.15) is 0 Å². The Morgan fingerprint density at radius 2 is 2.00 bits per heavy atom. The summed E-state index contributed by atoms with van der Waals surface area (Å²) in [5, 5.41) is 0.757. The first kappa shape index (κ1) is 10.5. The van der Waals surface area contributed by atoms with Gasteiger partial charge in [-0.1, -0.05) is 29.8 Å². The predicted octanol–water partition coefficient (Wildman–Crippen LogP) is 2.55. The lowest BCUT2D eigenvalue weighted by Crippen LogP contribution is -2.30. The summed E-state index contributed by atoms with van der Waals surface area (Å²) in [4.78, 5) is 4.84. The Kier molecular flexibility index (Phi) is 3.31. The fourth-order valence-electron chi connectivity index (χ4n) is 1.14. The normalized spacial score (nSPS) is 11.7. The van der Waals surface area contributed by atoms with Gasteiger partial charge in [-0.2, -0.15) is 0 Å². The molecule has 0 saturated carbocycles. The van der Waals surface area contributed by atoms with Crippen molar-refractivity contribution in [3.8, 4) is 0 Å². The van der Waals surface area contributed by atoms with Crippen molar-refractivity contribution in [1.82, 2.24) is 0 Å². The van der Waals surface area contributed by atoms with Gasteiger partial charge in [0.05, 0.1) is 5.60 Å². The van der Waals surface area contributed by atoms with Crippen molar-refractivity contribution in [3.05, 3.63) is 34.9 Å². The summed E-state index contributed by atoms with van der Waals surface area (Å²) in [5.74, 6) is 5.16. The van der Waals surface area contributed by atoms with Crippen molar-refractivity contribution in [1.29, 1.82) is 0 Å². The minimum absolute atomic E-state index is 0.370. The molecular formula is C10H14ClNO. The molecule has 0 atom stereocenters. The average molecular weight is 200 g/mol. The van der Waals surface area contributed by atoms with Gasteiger partial charge in [0, 0.05) is 11.4 Å². The van der Waals surface area contributed by atoms with Gasteiger partial charge >= 0.3 is 0 Å². The molecule has 0 aliphatic heterocycles. The van der Waals surface area contributed by atoms with Crippen LogP contribution in [0.3, 0.4) is 0 Å². The average Bonchev–Trinajstić information content (AvgIpc) is 2.09. The summed E-state index contributed by atoms with van der Waals surface area (Å²) >= 11 is 5.99. The highest BCUT2D eigenvalue weighted by Crippen LogP contribution is 2.21. The van der Waals surface area contributed by atoms with E-state index in [0.717, 1.165) is 10.6 Å². The van der Waals surface area contributed by atoms with E-state index in [0.29, 0.717) is 6.42 Å². The Morgan fingerprint density at radius 3 is 2.54 bits per heavy atom. The second kappa shape index (κ2) is 4.09. The van der Waals surface area contributed by atoms with Crippen molar-refractivity contribution in [3.63, 3.8) is 0 Å². The molecule has 13 heavy (non-hydrogen) atoms. The van der Waals surface area contributed by atoms with Crippen molar-refractivity contribution in [2.45, 2.75) is 25.9 Å². The van der Waals surface area contributed by atoms with E-state index in [2.05, 4.69) is 0 Å². The Balaban J connectivity index is 2.80. The summed E-state index contributed by atoms with van der Waals surface area (Å²) < 4.78 is 0. The Labute approximate surface area is 83.6 Å².